The van der Waals surface area contributed by atoms with Gasteiger partial charge < -0.3 is 14.9 Å². The summed E-state index contributed by atoms with van der Waals surface area (Å²) in [6.07, 6.45) is 5.24. The van der Waals surface area contributed by atoms with Gasteiger partial charge in [-0.2, -0.15) is 0 Å². The van der Waals surface area contributed by atoms with Crippen LogP contribution in [-0.4, -0.2) is 57.7 Å². The standard InChI is InChI=1S/C18H28N4O2/c1-13-14(10-19-16(20-13)21-8-6-5-7-9-21)15(23)22-11-17(2,3)18(4,24)12-22/h10,24H,5-9,11-12H2,1-4H3/t18-/m1/s1. The molecule has 6 heteroatoms. The topological polar surface area (TPSA) is 69.6 Å². The minimum atomic E-state index is -0.884. The van der Waals surface area contributed by atoms with E-state index in [-0.39, 0.29) is 11.3 Å². The molecule has 0 spiro atoms. The van der Waals surface area contributed by atoms with E-state index < -0.39 is 5.60 Å². The van der Waals surface area contributed by atoms with Crippen molar-refractivity contribution in [2.24, 2.45) is 5.41 Å². The number of β-amino-alcohol motifs (C(OH)–C–C–N with tert-alkyl or cyclic N) is 1. The predicted octanol–water partition coefficient (Wildman–Crippen LogP) is 2.01. The molecule has 0 aliphatic carbocycles. The summed E-state index contributed by atoms with van der Waals surface area (Å²) in [6.45, 7) is 10.5. The average Bonchev–Trinajstić information content (AvgIpc) is 2.75. The van der Waals surface area contributed by atoms with Gasteiger partial charge in [-0.15, -0.1) is 0 Å². The number of carbonyl (C=O) groups excluding carboxylic acids is 1. The summed E-state index contributed by atoms with van der Waals surface area (Å²) in [5.74, 6) is 0.626. The molecule has 0 saturated carbocycles. The number of rotatable bonds is 2. The fraction of sp³-hybridized carbons (Fsp3) is 0.722. The molecule has 0 aromatic carbocycles. The molecule has 1 aromatic heterocycles. The van der Waals surface area contributed by atoms with E-state index >= 15 is 0 Å². The molecular weight excluding hydrogens is 304 g/mol. The lowest BCUT2D eigenvalue weighted by Crippen LogP contribution is -2.40. The van der Waals surface area contributed by atoms with Gasteiger partial charge >= 0.3 is 0 Å². The Balaban J connectivity index is 1.79. The Morgan fingerprint density at radius 1 is 1.17 bits per heavy atom. The Bertz CT molecular complexity index is 620. The summed E-state index contributed by atoms with van der Waals surface area (Å²) in [7, 11) is 0. The van der Waals surface area contributed by atoms with Crippen LogP contribution in [0.5, 0.6) is 0 Å². The van der Waals surface area contributed by atoms with Crippen LogP contribution < -0.4 is 4.90 Å². The molecular formula is C18H28N4O2. The third-order valence-corrected chi connectivity index (χ3v) is 5.67. The second-order valence-electron chi connectivity index (χ2n) is 8.04. The zero-order chi connectivity index (χ0) is 17.5. The van der Waals surface area contributed by atoms with E-state index in [4.69, 9.17) is 0 Å². The number of aryl methyl sites for hydroxylation is 1. The second kappa shape index (κ2) is 5.99. The number of hydrogen-bond acceptors (Lipinski definition) is 5. The molecule has 2 fully saturated rings. The first-order valence-electron chi connectivity index (χ1n) is 8.81. The first-order valence-corrected chi connectivity index (χ1v) is 8.81. The highest BCUT2D eigenvalue weighted by Crippen LogP contribution is 2.39. The lowest BCUT2D eigenvalue weighted by Gasteiger charge is -2.30. The Labute approximate surface area is 143 Å². The maximum atomic E-state index is 12.9. The van der Waals surface area contributed by atoms with Crippen LogP contribution in [0.2, 0.25) is 0 Å². The SMILES string of the molecule is Cc1nc(N2CCCCC2)ncc1C(=O)N1CC(C)(C)[C@](C)(O)C1. The Morgan fingerprint density at radius 3 is 2.38 bits per heavy atom. The van der Waals surface area contributed by atoms with E-state index in [9.17, 15) is 9.90 Å². The van der Waals surface area contributed by atoms with Crippen molar-refractivity contribution in [2.45, 2.75) is 52.6 Å². The molecule has 2 saturated heterocycles. The zero-order valence-corrected chi connectivity index (χ0v) is 15.2. The monoisotopic (exact) mass is 332 g/mol. The van der Waals surface area contributed by atoms with Crippen molar-refractivity contribution in [3.8, 4) is 0 Å². The van der Waals surface area contributed by atoms with Crippen LogP contribution in [0.1, 0.15) is 56.1 Å². The molecule has 1 amide bonds. The average molecular weight is 332 g/mol. The molecule has 0 unspecified atom stereocenters. The molecule has 6 nitrogen and oxygen atoms in total. The van der Waals surface area contributed by atoms with Gasteiger partial charge in [0.15, 0.2) is 0 Å². The molecule has 132 valence electrons. The Kier molecular flexibility index (Phi) is 4.28. The van der Waals surface area contributed by atoms with Gasteiger partial charge in [0.2, 0.25) is 5.95 Å². The molecule has 1 N–H and O–H groups in total. The fourth-order valence-corrected chi connectivity index (χ4v) is 3.51. The lowest BCUT2D eigenvalue weighted by atomic mass is 9.79. The van der Waals surface area contributed by atoms with Crippen molar-refractivity contribution in [3.63, 3.8) is 0 Å². The van der Waals surface area contributed by atoms with E-state index in [0.29, 0.717) is 24.3 Å². The van der Waals surface area contributed by atoms with Crippen molar-refractivity contribution in [2.75, 3.05) is 31.1 Å². The number of piperidine rings is 1. The first-order chi connectivity index (χ1) is 11.2. The number of likely N-dealkylation sites (tertiary alicyclic amines) is 1. The summed E-state index contributed by atoms with van der Waals surface area (Å²) in [5.41, 5.74) is 0.0280. The van der Waals surface area contributed by atoms with Crippen LogP contribution in [0.4, 0.5) is 5.95 Å². The van der Waals surface area contributed by atoms with Crippen LogP contribution in [0.3, 0.4) is 0 Å². The minimum absolute atomic E-state index is 0.0939. The Hall–Kier alpha value is -1.69. The number of amides is 1. The van der Waals surface area contributed by atoms with Crippen LogP contribution in [-0.2, 0) is 0 Å². The predicted molar refractivity (Wildman–Crippen MR) is 93.1 cm³/mol. The Morgan fingerprint density at radius 2 is 1.83 bits per heavy atom. The molecule has 0 radical (unpaired) electrons. The molecule has 1 atom stereocenters. The lowest BCUT2D eigenvalue weighted by molar-refractivity contribution is -0.0108. The normalized spacial score (nSPS) is 26.7. The van der Waals surface area contributed by atoms with Crippen LogP contribution in [0.25, 0.3) is 0 Å². The van der Waals surface area contributed by atoms with Gasteiger partial charge in [0.25, 0.3) is 5.91 Å². The molecule has 24 heavy (non-hydrogen) atoms. The van der Waals surface area contributed by atoms with Crippen molar-refractivity contribution in [1.82, 2.24) is 14.9 Å². The smallest absolute Gasteiger partial charge is 0.257 e. The molecule has 2 aliphatic rings. The first kappa shape index (κ1) is 17.1. The molecule has 3 heterocycles. The summed E-state index contributed by atoms with van der Waals surface area (Å²) in [4.78, 5) is 25.8. The van der Waals surface area contributed by atoms with E-state index in [0.717, 1.165) is 19.0 Å². The van der Waals surface area contributed by atoms with E-state index in [2.05, 4.69) is 14.9 Å². The van der Waals surface area contributed by atoms with Crippen molar-refractivity contribution < 1.29 is 9.90 Å². The molecule has 2 aliphatic heterocycles. The van der Waals surface area contributed by atoms with Gasteiger partial charge in [0.1, 0.15) is 0 Å². The number of carbonyl (C=O) groups is 1. The quantitative estimate of drug-likeness (QED) is 0.897. The summed E-state index contributed by atoms with van der Waals surface area (Å²) in [6, 6.07) is 0. The van der Waals surface area contributed by atoms with E-state index in [1.807, 2.05) is 20.8 Å². The van der Waals surface area contributed by atoms with E-state index in [1.165, 1.54) is 19.3 Å². The maximum Gasteiger partial charge on any atom is 0.257 e. The zero-order valence-electron chi connectivity index (χ0n) is 15.2. The van der Waals surface area contributed by atoms with Crippen molar-refractivity contribution in [1.29, 1.82) is 0 Å². The molecule has 1 aromatic rings. The van der Waals surface area contributed by atoms with Gasteiger partial charge in [-0.25, -0.2) is 9.97 Å². The van der Waals surface area contributed by atoms with Crippen LogP contribution in [0, 0.1) is 12.3 Å². The highest BCUT2D eigenvalue weighted by atomic mass is 16.3. The molecule has 0 bridgehead atoms. The highest BCUT2D eigenvalue weighted by molar-refractivity contribution is 5.95. The number of aliphatic hydroxyl groups is 1. The second-order valence-corrected chi connectivity index (χ2v) is 8.04. The third kappa shape index (κ3) is 2.99. The number of hydrogen-bond donors (Lipinski definition) is 1. The van der Waals surface area contributed by atoms with Gasteiger partial charge in [-0.05, 0) is 33.1 Å². The fourth-order valence-electron chi connectivity index (χ4n) is 3.51. The van der Waals surface area contributed by atoms with Crippen molar-refractivity contribution in [3.05, 3.63) is 17.5 Å². The minimum Gasteiger partial charge on any atom is -0.388 e. The van der Waals surface area contributed by atoms with Gasteiger partial charge in [-0.1, -0.05) is 13.8 Å². The van der Waals surface area contributed by atoms with E-state index in [1.54, 1.807) is 18.0 Å². The van der Waals surface area contributed by atoms with Gasteiger partial charge in [-0.3, -0.25) is 4.79 Å². The number of anilines is 1. The van der Waals surface area contributed by atoms with Crippen LogP contribution in [0.15, 0.2) is 6.20 Å². The molecule has 3 rings (SSSR count). The number of aromatic nitrogens is 2. The van der Waals surface area contributed by atoms with Crippen LogP contribution >= 0.6 is 0 Å². The van der Waals surface area contributed by atoms with Crippen molar-refractivity contribution >= 4 is 11.9 Å². The largest absolute Gasteiger partial charge is 0.388 e. The summed E-state index contributed by atoms with van der Waals surface area (Å²) < 4.78 is 0. The van der Waals surface area contributed by atoms with Gasteiger partial charge in [0.05, 0.1) is 23.4 Å². The summed E-state index contributed by atoms with van der Waals surface area (Å²) in [5, 5.41) is 10.5. The maximum absolute atomic E-state index is 12.9. The summed E-state index contributed by atoms with van der Waals surface area (Å²) >= 11 is 0. The number of nitrogens with zero attached hydrogens (tertiary/aromatic N) is 4. The highest BCUT2D eigenvalue weighted by Gasteiger charge is 2.49. The van der Waals surface area contributed by atoms with Gasteiger partial charge in [0, 0.05) is 31.2 Å². The third-order valence-electron chi connectivity index (χ3n) is 5.67.